The van der Waals surface area contributed by atoms with Crippen molar-refractivity contribution in [2.75, 3.05) is 13.2 Å². The Morgan fingerprint density at radius 3 is 2.44 bits per heavy atom. The van der Waals surface area contributed by atoms with Crippen molar-refractivity contribution in [3.05, 3.63) is 38.4 Å². The van der Waals surface area contributed by atoms with Crippen molar-refractivity contribution in [1.29, 1.82) is 0 Å². The Hall–Kier alpha value is -2.22. The molecule has 8 heteroatoms. The van der Waals surface area contributed by atoms with Crippen LogP contribution >= 0.6 is 0 Å². The minimum Gasteiger partial charge on any atom is -0.487 e. The number of rotatable bonds is 7. The molecule has 0 heterocycles. The molecule has 0 amide bonds. The quantitative estimate of drug-likeness (QED) is 0.450. The predicted molar refractivity (Wildman–Crippen MR) is 61.6 cm³/mol. The number of aliphatic hydroxyl groups excluding tert-OH is 1. The number of nitro benzene ring substituents is 2. The summed E-state index contributed by atoms with van der Waals surface area (Å²) >= 11 is 0. The highest BCUT2D eigenvalue weighted by molar-refractivity contribution is 5.53. The molecule has 0 fully saturated rings. The molecule has 0 aromatic heterocycles. The van der Waals surface area contributed by atoms with Crippen molar-refractivity contribution >= 4 is 11.4 Å². The monoisotopic (exact) mass is 256 g/mol. The number of non-ortho nitro benzene ring substituents is 1. The highest BCUT2D eigenvalue weighted by Crippen LogP contribution is 2.30. The van der Waals surface area contributed by atoms with Crippen LogP contribution in [0.4, 0.5) is 11.4 Å². The zero-order valence-electron chi connectivity index (χ0n) is 9.44. The fourth-order valence-corrected chi connectivity index (χ4v) is 1.28. The van der Waals surface area contributed by atoms with E-state index in [1.165, 1.54) is 6.07 Å². The third-order valence-corrected chi connectivity index (χ3v) is 2.16. The molecule has 18 heavy (non-hydrogen) atoms. The molecule has 0 spiro atoms. The highest BCUT2D eigenvalue weighted by Gasteiger charge is 2.20. The predicted octanol–water partition coefficient (Wildman–Crippen LogP) is 1.65. The van der Waals surface area contributed by atoms with Gasteiger partial charge in [-0.2, -0.15) is 0 Å². The van der Waals surface area contributed by atoms with E-state index in [4.69, 9.17) is 9.84 Å². The van der Waals surface area contributed by atoms with Gasteiger partial charge in [0.15, 0.2) is 5.75 Å². The van der Waals surface area contributed by atoms with Crippen LogP contribution < -0.4 is 4.74 Å². The maximum Gasteiger partial charge on any atom is 0.317 e. The van der Waals surface area contributed by atoms with Crippen molar-refractivity contribution in [1.82, 2.24) is 0 Å². The molecule has 0 aliphatic carbocycles. The SMILES string of the molecule is O=[N+]([O-])c1ccc(OCCCCO)c([N+](=O)[O-])c1. The number of unbranched alkanes of at least 4 members (excludes halogenated alkanes) is 1. The molecule has 1 N–H and O–H groups in total. The molecule has 0 radical (unpaired) electrons. The first kappa shape index (κ1) is 13.8. The molecule has 1 aromatic carbocycles. The van der Waals surface area contributed by atoms with Crippen LogP contribution in [0.5, 0.6) is 5.75 Å². The Labute approximate surface area is 102 Å². The molecule has 0 unspecified atom stereocenters. The maximum absolute atomic E-state index is 10.7. The summed E-state index contributed by atoms with van der Waals surface area (Å²) in [5, 5.41) is 29.8. The first-order valence-corrected chi connectivity index (χ1v) is 5.22. The molecule has 0 bridgehead atoms. The summed E-state index contributed by atoms with van der Waals surface area (Å²) in [6.07, 6.45) is 1.07. The summed E-state index contributed by atoms with van der Waals surface area (Å²) in [6.45, 7) is 0.227. The molecule has 1 aromatic rings. The lowest BCUT2D eigenvalue weighted by Gasteiger charge is -2.05. The summed E-state index contributed by atoms with van der Waals surface area (Å²) in [7, 11) is 0. The summed E-state index contributed by atoms with van der Waals surface area (Å²) in [4.78, 5) is 19.8. The van der Waals surface area contributed by atoms with Gasteiger partial charge in [-0.1, -0.05) is 0 Å². The minimum absolute atomic E-state index is 0.0106. The molecule has 0 aliphatic heterocycles. The number of hydrogen-bond donors (Lipinski definition) is 1. The van der Waals surface area contributed by atoms with Gasteiger partial charge in [-0.05, 0) is 18.9 Å². The number of nitrogens with zero attached hydrogens (tertiary/aromatic N) is 2. The van der Waals surface area contributed by atoms with Crippen LogP contribution in [0.25, 0.3) is 0 Å². The van der Waals surface area contributed by atoms with Gasteiger partial charge in [0.25, 0.3) is 5.69 Å². The van der Waals surface area contributed by atoms with Gasteiger partial charge in [0, 0.05) is 12.7 Å². The Kier molecular flexibility index (Phi) is 5.00. The van der Waals surface area contributed by atoms with Gasteiger partial charge in [-0.25, -0.2) is 0 Å². The second kappa shape index (κ2) is 6.50. The topological polar surface area (TPSA) is 116 Å². The lowest BCUT2D eigenvalue weighted by atomic mass is 10.2. The average molecular weight is 256 g/mol. The largest absolute Gasteiger partial charge is 0.487 e. The Balaban J connectivity index is 2.83. The van der Waals surface area contributed by atoms with E-state index in [2.05, 4.69) is 0 Å². The highest BCUT2D eigenvalue weighted by atomic mass is 16.6. The van der Waals surface area contributed by atoms with E-state index in [0.717, 1.165) is 12.1 Å². The zero-order chi connectivity index (χ0) is 13.5. The standard InChI is InChI=1S/C10H12N2O6/c13-5-1-2-6-18-10-4-3-8(11(14)15)7-9(10)12(16)17/h3-4,7,13H,1-2,5-6H2. The molecule has 0 atom stereocenters. The van der Waals surface area contributed by atoms with Crippen LogP contribution in [0.2, 0.25) is 0 Å². The fraction of sp³-hybridized carbons (Fsp3) is 0.400. The van der Waals surface area contributed by atoms with Gasteiger partial charge in [0.05, 0.1) is 22.5 Å². The van der Waals surface area contributed by atoms with E-state index in [0.29, 0.717) is 12.8 Å². The van der Waals surface area contributed by atoms with E-state index in [-0.39, 0.29) is 24.7 Å². The smallest absolute Gasteiger partial charge is 0.317 e. The second-order valence-electron chi connectivity index (χ2n) is 3.45. The number of hydrogen-bond acceptors (Lipinski definition) is 6. The third-order valence-electron chi connectivity index (χ3n) is 2.16. The van der Waals surface area contributed by atoms with E-state index in [9.17, 15) is 20.2 Å². The van der Waals surface area contributed by atoms with E-state index in [1.807, 2.05) is 0 Å². The van der Waals surface area contributed by atoms with Gasteiger partial charge < -0.3 is 9.84 Å². The van der Waals surface area contributed by atoms with Gasteiger partial charge in [-0.3, -0.25) is 20.2 Å². The zero-order valence-corrected chi connectivity index (χ0v) is 9.44. The van der Waals surface area contributed by atoms with Crippen molar-refractivity contribution in [3.8, 4) is 5.75 Å². The first-order chi connectivity index (χ1) is 8.56. The van der Waals surface area contributed by atoms with Gasteiger partial charge in [-0.15, -0.1) is 0 Å². The molecule has 0 saturated carbocycles. The van der Waals surface area contributed by atoms with Crippen LogP contribution in [0.3, 0.4) is 0 Å². The normalized spacial score (nSPS) is 10.1. The van der Waals surface area contributed by atoms with Gasteiger partial charge >= 0.3 is 5.69 Å². The average Bonchev–Trinajstić information content (AvgIpc) is 2.34. The molecule has 1 rings (SSSR count). The molecule has 8 nitrogen and oxygen atoms in total. The molecule has 0 saturated heterocycles. The van der Waals surface area contributed by atoms with Crippen LogP contribution in [0.1, 0.15) is 12.8 Å². The Morgan fingerprint density at radius 1 is 1.17 bits per heavy atom. The molecule has 98 valence electrons. The summed E-state index contributed by atoms with van der Waals surface area (Å²) < 4.78 is 5.16. The maximum atomic E-state index is 10.7. The molecular weight excluding hydrogens is 244 g/mol. The van der Waals surface area contributed by atoms with Crippen LogP contribution in [0.15, 0.2) is 18.2 Å². The van der Waals surface area contributed by atoms with Crippen molar-refractivity contribution in [2.45, 2.75) is 12.8 Å². The number of nitro groups is 2. The van der Waals surface area contributed by atoms with Crippen molar-refractivity contribution in [2.24, 2.45) is 0 Å². The minimum atomic E-state index is -0.728. The van der Waals surface area contributed by atoms with Gasteiger partial charge in [0.2, 0.25) is 0 Å². The fourth-order valence-electron chi connectivity index (χ4n) is 1.28. The molecule has 0 aliphatic rings. The van der Waals surface area contributed by atoms with E-state index < -0.39 is 15.5 Å². The number of benzene rings is 1. The third kappa shape index (κ3) is 3.67. The first-order valence-electron chi connectivity index (χ1n) is 5.22. The lowest BCUT2D eigenvalue weighted by molar-refractivity contribution is -0.394. The van der Waals surface area contributed by atoms with Crippen molar-refractivity contribution < 1.29 is 19.7 Å². The summed E-state index contributed by atoms with van der Waals surface area (Å²) in [5.41, 5.74) is -0.794. The summed E-state index contributed by atoms with van der Waals surface area (Å²) in [5.74, 6) is -0.0106. The van der Waals surface area contributed by atoms with Crippen LogP contribution in [-0.2, 0) is 0 Å². The number of ether oxygens (including phenoxy) is 1. The summed E-state index contributed by atoms with van der Waals surface area (Å²) in [6, 6.07) is 3.21. The Bertz CT molecular complexity index is 448. The second-order valence-corrected chi connectivity index (χ2v) is 3.45. The number of aliphatic hydroxyl groups is 1. The van der Waals surface area contributed by atoms with Gasteiger partial charge in [0.1, 0.15) is 0 Å². The van der Waals surface area contributed by atoms with Crippen LogP contribution in [-0.4, -0.2) is 28.2 Å². The van der Waals surface area contributed by atoms with Crippen molar-refractivity contribution in [3.63, 3.8) is 0 Å². The van der Waals surface area contributed by atoms with E-state index >= 15 is 0 Å². The van der Waals surface area contributed by atoms with Crippen LogP contribution in [0, 0.1) is 20.2 Å². The molecular formula is C10H12N2O6. The Morgan fingerprint density at radius 2 is 1.89 bits per heavy atom. The van der Waals surface area contributed by atoms with E-state index in [1.54, 1.807) is 0 Å². The lowest BCUT2D eigenvalue weighted by Crippen LogP contribution is -2.02.